The lowest BCUT2D eigenvalue weighted by Crippen LogP contribution is -2.54. The minimum Gasteiger partial charge on any atom is -0.496 e. The van der Waals surface area contributed by atoms with Crippen LogP contribution >= 0.6 is 11.6 Å². The number of rotatable bonds is 6. The number of aryl methyl sites for hydroxylation is 1. The number of amidine groups is 1. The second kappa shape index (κ2) is 11.2. The van der Waals surface area contributed by atoms with Crippen molar-refractivity contribution < 1.29 is 4.74 Å². The molecule has 2 aliphatic heterocycles. The fourth-order valence-electron chi connectivity index (χ4n) is 5.07. The molecule has 7 nitrogen and oxygen atoms in total. The van der Waals surface area contributed by atoms with Crippen molar-refractivity contribution in [2.45, 2.75) is 45.7 Å². The fraction of sp³-hybridized carbons (Fsp3) is 0.429. The molecule has 4 rings (SSSR count). The highest BCUT2D eigenvalue weighted by Gasteiger charge is 2.28. The summed E-state index contributed by atoms with van der Waals surface area (Å²) in [6.07, 6.45) is 6.08. The number of nitrogens with zero attached hydrogens (tertiary/aromatic N) is 5. The molecule has 0 spiro atoms. The third-order valence-corrected chi connectivity index (χ3v) is 7.40. The van der Waals surface area contributed by atoms with Crippen LogP contribution in [0, 0.1) is 6.92 Å². The third kappa shape index (κ3) is 5.62. The van der Waals surface area contributed by atoms with Crippen molar-refractivity contribution in [3.63, 3.8) is 0 Å². The number of aliphatic imine (C=N–C) groups is 1. The number of benzene rings is 1. The topological polar surface area (TPSA) is 70.2 Å². The van der Waals surface area contributed by atoms with Crippen molar-refractivity contribution in [3.8, 4) is 5.75 Å². The highest BCUT2D eigenvalue weighted by atomic mass is 35.5. The van der Waals surface area contributed by atoms with E-state index in [1.54, 1.807) is 13.3 Å². The molecule has 0 bridgehead atoms. The lowest BCUT2D eigenvalue weighted by molar-refractivity contribution is 0.294. The first-order valence-corrected chi connectivity index (χ1v) is 12.9. The van der Waals surface area contributed by atoms with Gasteiger partial charge >= 0.3 is 0 Å². The van der Waals surface area contributed by atoms with E-state index >= 15 is 0 Å². The Hall–Kier alpha value is -3.19. The minimum absolute atomic E-state index is 0.168. The molecule has 3 heterocycles. The fourth-order valence-corrected chi connectivity index (χ4v) is 5.31. The number of halogens is 1. The Balaban J connectivity index is 1.63. The Morgan fingerprint density at radius 1 is 1.19 bits per heavy atom. The summed E-state index contributed by atoms with van der Waals surface area (Å²) in [5.41, 5.74) is 9.27. The predicted molar refractivity (Wildman–Crippen MR) is 150 cm³/mol. The van der Waals surface area contributed by atoms with Crippen molar-refractivity contribution in [2.24, 2.45) is 10.7 Å². The van der Waals surface area contributed by atoms with Gasteiger partial charge in [0.2, 0.25) is 0 Å². The smallest absolute Gasteiger partial charge is 0.147 e. The van der Waals surface area contributed by atoms with Crippen molar-refractivity contribution in [3.05, 3.63) is 71.2 Å². The van der Waals surface area contributed by atoms with Gasteiger partial charge in [0.05, 0.1) is 12.1 Å². The average Bonchev–Trinajstić information content (AvgIpc) is 3.29. The predicted octanol–water partition coefficient (Wildman–Crippen LogP) is 4.92. The Labute approximate surface area is 219 Å². The van der Waals surface area contributed by atoms with E-state index in [0.717, 1.165) is 73.4 Å². The second-order valence-electron chi connectivity index (χ2n) is 9.65. The molecule has 0 aliphatic carbocycles. The highest BCUT2D eigenvalue weighted by molar-refractivity contribution is 6.32. The van der Waals surface area contributed by atoms with Gasteiger partial charge in [-0.05, 0) is 75.1 Å². The molecule has 2 atom stereocenters. The first-order valence-electron chi connectivity index (χ1n) is 12.6. The van der Waals surface area contributed by atoms with Crippen LogP contribution < -0.4 is 15.4 Å². The van der Waals surface area contributed by atoms with E-state index in [1.807, 2.05) is 43.3 Å². The quantitative estimate of drug-likeness (QED) is 0.441. The minimum atomic E-state index is 0.168. The van der Waals surface area contributed by atoms with Crippen LogP contribution in [0.15, 0.2) is 60.0 Å². The Morgan fingerprint density at radius 2 is 2.00 bits per heavy atom. The van der Waals surface area contributed by atoms with E-state index in [0.29, 0.717) is 16.8 Å². The van der Waals surface area contributed by atoms with Crippen molar-refractivity contribution >= 4 is 29.0 Å². The third-order valence-electron chi connectivity index (χ3n) is 7.10. The highest BCUT2D eigenvalue weighted by Crippen LogP contribution is 2.27. The van der Waals surface area contributed by atoms with Crippen LogP contribution in [0.5, 0.6) is 5.75 Å². The van der Waals surface area contributed by atoms with Crippen LogP contribution in [0.3, 0.4) is 0 Å². The molecule has 2 fully saturated rings. The molecular formula is C28H37ClN6O. The van der Waals surface area contributed by atoms with Gasteiger partial charge in [0.1, 0.15) is 23.2 Å². The zero-order valence-corrected chi connectivity index (χ0v) is 22.5. The Bertz CT molecular complexity index is 1160. The summed E-state index contributed by atoms with van der Waals surface area (Å²) in [6, 6.07) is 10.3. The van der Waals surface area contributed by atoms with Crippen molar-refractivity contribution in [2.75, 3.05) is 38.2 Å². The largest absolute Gasteiger partial charge is 0.496 e. The summed E-state index contributed by atoms with van der Waals surface area (Å²) in [7, 11) is 1.68. The normalized spacial score (nSPS) is 21.2. The first-order chi connectivity index (χ1) is 17.3. The van der Waals surface area contributed by atoms with E-state index in [9.17, 15) is 0 Å². The van der Waals surface area contributed by atoms with Gasteiger partial charge in [0, 0.05) is 56.2 Å². The zero-order valence-electron chi connectivity index (χ0n) is 21.7. The number of nitrogens with two attached hydrogens (primary N) is 1. The number of aromatic nitrogens is 1. The lowest BCUT2D eigenvalue weighted by atomic mass is 10.1. The molecule has 0 saturated carbocycles. The average molecular weight is 509 g/mol. The second-order valence-corrected chi connectivity index (χ2v) is 10.1. The number of likely N-dealkylation sites (tertiary alicyclic amines) is 1. The first kappa shape index (κ1) is 25.9. The number of methoxy groups -OCH3 is 1. The van der Waals surface area contributed by atoms with Gasteiger partial charge in [0.15, 0.2) is 0 Å². The summed E-state index contributed by atoms with van der Waals surface area (Å²) in [5, 5.41) is 0.669. The number of hydrogen-bond donors (Lipinski definition) is 1. The van der Waals surface area contributed by atoms with Crippen LogP contribution in [-0.4, -0.2) is 66.0 Å². The molecule has 36 heavy (non-hydrogen) atoms. The van der Waals surface area contributed by atoms with Gasteiger partial charge in [-0.15, -0.1) is 0 Å². The number of pyridine rings is 1. The molecule has 0 amide bonds. The zero-order chi connectivity index (χ0) is 25.8. The molecule has 1 aromatic heterocycles. The summed E-state index contributed by atoms with van der Waals surface area (Å²) >= 11 is 6.44. The maximum absolute atomic E-state index is 6.63. The molecule has 2 saturated heterocycles. The van der Waals surface area contributed by atoms with Crippen LogP contribution in [0.4, 0.5) is 5.82 Å². The van der Waals surface area contributed by atoms with Crippen LogP contribution in [0.25, 0.3) is 5.70 Å². The van der Waals surface area contributed by atoms with Gasteiger partial charge in [-0.3, -0.25) is 0 Å². The number of anilines is 1. The van der Waals surface area contributed by atoms with E-state index in [-0.39, 0.29) is 6.04 Å². The van der Waals surface area contributed by atoms with Crippen LogP contribution in [0.1, 0.15) is 37.8 Å². The molecule has 1 aromatic carbocycles. The number of piperazine rings is 1. The molecule has 2 N–H and O–H groups in total. The summed E-state index contributed by atoms with van der Waals surface area (Å²) in [6.45, 7) is 14.1. The molecule has 2 aliphatic rings. The van der Waals surface area contributed by atoms with Crippen molar-refractivity contribution in [1.29, 1.82) is 0 Å². The van der Waals surface area contributed by atoms with Gasteiger partial charge in [-0.1, -0.05) is 18.2 Å². The number of ether oxygens (including phenoxy) is 1. The molecule has 1 unspecified atom stereocenters. The molecule has 8 heteroatoms. The monoisotopic (exact) mass is 508 g/mol. The number of hydrogen-bond acceptors (Lipinski definition) is 6. The Morgan fingerprint density at radius 3 is 2.64 bits per heavy atom. The summed E-state index contributed by atoms with van der Waals surface area (Å²) < 4.78 is 5.42. The van der Waals surface area contributed by atoms with Crippen molar-refractivity contribution in [1.82, 2.24) is 14.8 Å². The van der Waals surface area contributed by atoms with Gasteiger partial charge < -0.3 is 25.2 Å². The van der Waals surface area contributed by atoms with E-state index in [4.69, 9.17) is 27.1 Å². The molecule has 2 aromatic rings. The van der Waals surface area contributed by atoms with E-state index in [1.165, 1.54) is 0 Å². The van der Waals surface area contributed by atoms with Gasteiger partial charge in [-0.25, -0.2) is 9.98 Å². The lowest BCUT2D eigenvalue weighted by Gasteiger charge is -2.42. The SMILES string of the molecule is C=C(N=C(/C=C(\N)c1ccc(OC)c(C)c1)N1CCN(c2ncccc2Cl)C[C@H]1C)N1CCCC1C. The van der Waals surface area contributed by atoms with E-state index in [2.05, 4.69) is 40.1 Å². The summed E-state index contributed by atoms with van der Waals surface area (Å²) in [4.78, 5) is 16.4. The van der Waals surface area contributed by atoms with Gasteiger partial charge in [0.25, 0.3) is 0 Å². The van der Waals surface area contributed by atoms with Crippen LogP contribution in [0.2, 0.25) is 5.02 Å². The Kier molecular flexibility index (Phi) is 8.09. The van der Waals surface area contributed by atoms with E-state index < -0.39 is 0 Å². The molecular weight excluding hydrogens is 472 g/mol. The standard InChI is InChI=1S/C28H37ClN6O/c1-19-16-23(10-11-26(19)36-5)25(30)17-27(32-22(4)34-13-7-8-20(34)2)35-15-14-33(18-21(35)3)28-24(29)9-6-12-31-28/h6,9-12,16-17,20-21H,4,7-8,13-15,18,30H2,1-3,5H3/b25-17-,32-27?/t20?,21-/m1/s1. The van der Waals surface area contributed by atoms with Crippen LogP contribution in [-0.2, 0) is 0 Å². The maximum atomic E-state index is 6.63. The maximum Gasteiger partial charge on any atom is 0.147 e. The molecule has 192 valence electrons. The molecule has 0 radical (unpaired) electrons. The summed E-state index contributed by atoms with van der Waals surface area (Å²) in [5.74, 6) is 3.27. The van der Waals surface area contributed by atoms with Gasteiger partial charge in [-0.2, -0.15) is 0 Å².